The van der Waals surface area contributed by atoms with Gasteiger partial charge in [-0.3, -0.25) is 23.9 Å². The molecular weight excluding hydrogens is 869 g/mol. The van der Waals surface area contributed by atoms with E-state index in [1.807, 2.05) is 78.9 Å². The van der Waals surface area contributed by atoms with Crippen LogP contribution in [-0.2, 0) is 38.9 Å². The van der Waals surface area contributed by atoms with E-state index in [0.29, 0.717) is 18.1 Å². The number of nitrogens with one attached hydrogen (secondary N) is 1. The van der Waals surface area contributed by atoms with Gasteiger partial charge >= 0.3 is 17.6 Å². The van der Waals surface area contributed by atoms with Gasteiger partial charge in [-0.05, 0) is 79.5 Å². The average Bonchev–Trinajstić information content (AvgIpc) is 3.68. The summed E-state index contributed by atoms with van der Waals surface area (Å²) in [6.45, 7) is 2.90. The topological polar surface area (TPSA) is 174 Å². The number of aromatic nitrogens is 2. The zero-order valence-electron chi connectivity index (χ0n) is 39.9. The predicted octanol–water partition coefficient (Wildman–Crippen LogP) is 9.45. The van der Waals surface area contributed by atoms with E-state index in [4.69, 9.17) is 33.2 Å². The highest BCUT2D eigenvalue weighted by molar-refractivity contribution is 5.76. The van der Waals surface area contributed by atoms with Crippen LogP contribution in [0.2, 0.25) is 0 Å². The minimum absolute atomic E-state index is 0.0733. The standard InChI is InChI=1S/C54H70N2O12/c1-4-5-6-7-8-9-10-11-12-13-14-15-16-17-18-22-37-64-38-39-65-50-46(67-52(56-36-35-47(57)55-53(56)61)51(50)68-49(60)34-33-48(58)59)40-66-54(41-23-20-19-21-24-41,42-25-29-44(62-2)30-26-42)43-27-31-45(63-3)32-28-43/h8-9,11-12,19-21,23-32,35-36,46,50-52H,4-7,10,13-18,22,33-34,37-40H2,1-3H3,(H,58,59)(H,55,57,61)/b9-8-,12-11-/t46-,50?,51?,52-/m1/s1. The lowest BCUT2D eigenvalue weighted by molar-refractivity contribution is -0.162. The Morgan fingerprint density at radius 3 is 1.91 bits per heavy atom. The normalized spacial score (nSPS) is 17.2. The molecule has 5 rings (SSSR count). The van der Waals surface area contributed by atoms with E-state index in [0.717, 1.165) is 59.4 Å². The van der Waals surface area contributed by atoms with E-state index >= 15 is 0 Å². The number of ether oxygens (including phenoxy) is 7. The van der Waals surface area contributed by atoms with Crippen LogP contribution in [0.1, 0.15) is 120 Å². The second-order valence-corrected chi connectivity index (χ2v) is 16.8. The Hall–Kier alpha value is -5.80. The Labute approximate surface area is 400 Å². The van der Waals surface area contributed by atoms with Crippen LogP contribution in [0.25, 0.3) is 0 Å². The van der Waals surface area contributed by atoms with Gasteiger partial charge < -0.3 is 38.3 Å². The first-order valence-corrected chi connectivity index (χ1v) is 24.1. The summed E-state index contributed by atoms with van der Waals surface area (Å²) in [4.78, 5) is 52.4. The summed E-state index contributed by atoms with van der Waals surface area (Å²) in [5.41, 5.74) is -0.399. The van der Waals surface area contributed by atoms with E-state index < -0.39 is 66.2 Å². The second kappa shape index (κ2) is 29.2. The molecule has 14 heteroatoms. The third-order valence-corrected chi connectivity index (χ3v) is 11.9. The molecule has 4 atom stereocenters. The maximum Gasteiger partial charge on any atom is 0.330 e. The van der Waals surface area contributed by atoms with Crippen molar-refractivity contribution in [3.8, 4) is 11.5 Å². The van der Waals surface area contributed by atoms with Gasteiger partial charge in [-0.15, -0.1) is 0 Å². The molecule has 0 saturated carbocycles. The van der Waals surface area contributed by atoms with Crippen molar-refractivity contribution in [2.45, 2.75) is 127 Å². The summed E-state index contributed by atoms with van der Waals surface area (Å²) in [6, 6.07) is 25.9. The largest absolute Gasteiger partial charge is 0.497 e. The van der Waals surface area contributed by atoms with E-state index in [9.17, 15) is 24.3 Å². The third-order valence-electron chi connectivity index (χ3n) is 11.9. The molecule has 1 saturated heterocycles. The number of unbranched alkanes of at least 4 members (excludes halogenated alkanes) is 9. The lowest BCUT2D eigenvalue weighted by Crippen LogP contribution is -2.43. The maximum atomic E-state index is 13.3. The van der Waals surface area contributed by atoms with Gasteiger partial charge in [-0.2, -0.15) is 0 Å². The fourth-order valence-corrected chi connectivity index (χ4v) is 8.26. The summed E-state index contributed by atoms with van der Waals surface area (Å²) in [7, 11) is 3.19. The minimum atomic E-state index is -1.29. The molecule has 2 unspecified atom stereocenters. The Balaban J connectivity index is 1.30. The molecule has 1 fully saturated rings. The number of allylic oxidation sites excluding steroid dienone is 4. The number of hydrogen-bond donors (Lipinski definition) is 2. The number of nitrogens with zero attached hydrogens (tertiary/aromatic N) is 1. The SMILES string of the molecule is CCCCC/C=C\C/C=C\CCCCCCCCOCCOC1C(OC(=O)CCC(=O)O)[C@H](n2ccc(=O)[nH]c2=O)O[C@@H]1COC(c1ccccc1)(c1ccc(OC)cc1)c1ccc(OC)cc1. The lowest BCUT2D eigenvalue weighted by atomic mass is 9.80. The Morgan fingerprint density at radius 1 is 0.706 bits per heavy atom. The molecule has 1 aliphatic rings. The van der Waals surface area contributed by atoms with Gasteiger partial charge in [0.15, 0.2) is 12.3 Å². The van der Waals surface area contributed by atoms with E-state index in [1.54, 1.807) is 14.2 Å². The molecule has 1 aliphatic heterocycles. The second-order valence-electron chi connectivity index (χ2n) is 16.8. The molecule has 0 bridgehead atoms. The van der Waals surface area contributed by atoms with Crippen LogP contribution in [-0.4, -0.2) is 85.6 Å². The number of aliphatic carboxylic acids is 1. The quantitative estimate of drug-likeness (QED) is 0.0206. The van der Waals surface area contributed by atoms with Crippen LogP contribution in [0.5, 0.6) is 11.5 Å². The fraction of sp³-hybridized carbons (Fsp3) is 0.481. The number of esters is 1. The Kier molecular flexibility index (Phi) is 22.8. The average molecular weight is 939 g/mol. The van der Waals surface area contributed by atoms with Gasteiger partial charge in [0.1, 0.15) is 29.3 Å². The van der Waals surface area contributed by atoms with Gasteiger partial charge in [0.05, 0.1) is 46.9 Å². The summed E-state index contributed by atoms with van der Waals surface area (Å²) < 4.78 is 44.4. The zero-order valence-corrected chi connectivity index (χ0v) is 39.9. The van der Waals surface area contributed by atoms with Crippen molar-refractivity contribution in [2.24, 2.45) is 0 Å². The van der Waals surface area contributed by atoms with Crippen LogP contribution >= 0.6 is 0 Å². The molecule has 0 amide bonds. The highest BCUT2D eigenvalue weighted by Crippen LogP contribution is 2.43. The molecule has 0 spiro atoms. The number of rotatable bonds is 32. The van der Waals surface area contributed by atoms with Crippen molar-refractivity contribution in [2.75, 3.05) is 40.6 Å². The predicted molar refractivity (Wildman–Crippen MR) is 260 cm³/mol. The first-order valence-electron chi connectivity index (χ1n) is 24.1. The van der Waals surface area contributed by atoms with Crippen molar-refractivity contribution in [3.05, 3.63) is 153 Å². The molecule has 2 N–H and O–H groups in total. The highest BCUT2D eigenvalue weighted by atomic mass is 16.6. The molecule has 2 heterocycles. The van der Waals surface area contributed by atoms with E-state index in [2.05, 4.69) is 36.2 Å². The van der Waals surface area contributed by atoms with Crippen LogP contribution in [0.15, 0.2) is 125 Å². The number of methoxy groups -OCH3 is 2. The number of carbonyl (C=O) groups excluding carboxylic acids is 1. The van der Waals surface area contributed by atoms with E-state index in [1.165, 1.54) is 51.1 Å². The first-order chi connectivity index (χ1) is 33.2. The zero-order chi connectivity index (χ0) is 48.4. The minimum Gasteiger partial charge on any atom is -0.497 e. The monoisotopic (exact) mass is 938 g/mol. The summed E-state index contributed by atoms with van der Waals surface area (Å²) >= 11 is 0. The number of H-pyrrole nitrogens is 1. The van der Waals surface area contributed by atoms with Crippen molar-refractivity contribution in [3.63, 3.8) is 0 Å². The Morgan fingerprint density at radius 2 is 1.31 bits per heavy atom. The lowest BCUT2D eigenvalue weighted by Gasteiger charge is -2.37. The van der Waals surface area contributed by atoms with Gasteiger partial charge in [0.25, 0.3) is 5.56 Å². The van der Waals surface area contributed by atoms with Gasteiger partial charge in [-0.25, -0.2) is 4.79 Å². The van der Waals surface area contributed by atoms with Crippen molar-refractivity contribution in [1.29, 1.82) is 0 Å². The molecular formula is C54H70N2O12. The smallest absolute Gasteiger partial charge is 0.330 e. The van der Waals surface area contributed by atoms with Crippen molar-refractivity contribution in [1.82, 2.24) is 9.55 Å². The first kappa shape index (κ1) is 53.2. The number of benzene rings is 3. The van der Waals surface area contributed by atoms with Crippen molar-refractivity contribution < 1.29 is 47.9 Å². The highest BCUT2D eigenvalue weighted by Gasteiger charge is 2.51. The van der Waals surface area contributed by atoms with Crippen LogP contribution in [0, 0.1) is 0 Å². The Bertz CT molecular complexity index is 2210. The molecule has 1 aromatic heterocycles. The number of carboxylic acids is 1. The van der Waals surface area contributed by atoms with Crippen LogP contribution in [0.4, 0.5) is 0 Å². The molecule has 3 aromatic carbocycles. The van der Waals surface area contributed by atoms with E-state index in [-0.39, 0.29) is 19.8 Å². The maximum absolute atomic E-state index is 13.3. The number of hydrogen-bond acceptors (Lipinski definition) is 11. The van der Waals surface area contributed by atoms with Crippen LogP contribution in [0.3, 0.4) is 0 Å². The number of carbonyl (C=O) groups is 2. The summed E-state index contributed by atoms with van der Waals surface area (Å²) in [6.07, 6.45) is 18.6. The fourth-order valence-electron chi connectivity index (χ4n) is 8.26. The molecule has 0 radical (unpaired) electrons. The van der Waals surface area contributed by atoms with Gasteiger partial charge in [0, 0.05) is 18.9 Å². The molecule has 14 nitrogen and oxygen atoms in total. The number of aromatic amines is 1. The van der Waals surface area contributed by atoms with Crippen molar-refractivity contribution >= 4 is 11.9 Å². The molecule has 0 aliphatic carbocycles. The van der Waals surface area contributed by atoms with Gasteiger partial charge in [-0.1, -0.05) is 124 Å². The molecule has 68 heavy (non-hydrogen) atoms. The summed E-state index contributed by atoms with van der Waals surface area (Å²) in [5.74, 6) is -0.716. The van der Waals surface area contributed by atoms with Gasteiger partial charge in [0.2, 0.25) is 0 Å². The third kappa shape index (κ3) is 16.2. The summed E-state index contributed by atoms with van der Waals surface area (Å²) in [5, 5.41) is 9.34. The number of carboxylic acid groups (broad SMARTS) is 1. The molecule has 4 aromatic rings. The molecule has 368 valence electrons. The van der Waals surface area contributed by atoms with Crippen LogP contribution < -0.4 is 20.7 Å².